The Bertz CT molecular complexity index is 1200. The standard InChI is InChI=1S/C26H24ClFN2O4/c1-33-14-13-30-24(16-7-9-17(28)10-8-16)23(19-5-3-4-6-20(19)26(30)32)25(31)29-18-11-12-22(34-2)21(27)15-18/h3-12,15,23-24H,13-14H2,1-2H3,(H,29,31)/t23-,24+/m1/s1. The molecule has 2 atom stereocenters. The number of benzene rings is 3. The van der Waals surface area contributed by atoms with E-state index in [-0.39, 0.29) is 25.0 Å². The lowest BCUT2D eigenvalue weighted by molar-refractivity contribution is -0.119. The Morgan fingerprint density at radius 1 is 1.09 bits per heavy atom. The van der Waals surface area contributed by atoms with Crippen molar-refractivity contribution >= 4 is 29.1 Å². The second kappa shape index (κ2) is 10.2. The van der Waals surface area contributed by atoms with Crippen molar-refractivity contribution in [1.82, 2.24) is 4.90 Å². The van der Waals surface area contributed by atoms with Crippen LogP contribution in [0, 0.1) is 5.82 Å². The maximum Gasteiger partial charge on any atom is 0.254 e. The quantitative estimate of drug-likeness (QED) is 0.511. The van der Waals surface area contributed by atoms with Crippen LogP contribution >= 0.6 is 11.6 Å². The first-order valence-electron chi connectivity index (χ1n) is 10.7. The van der Waals surface area contributed by atoms with Gasteiger partial charge in [-0.25, -0.2) is 4.39 Å². The van der Waals surface area contributed by atoms with Gasteiger partial charge in [-0.15, -0.1) is 0 Å². The molecule has 0 saturated heterocycles. The van der Waals surface area contributed by atoms with Gasteiger partial charge in [-0.05, 0) is 47.5 Å². The van der Waals surface area contributed by atoms with E-state index >= 15 is 0 Å². The third kappa shape index (κ3) is 4.62. The lowest BCUT2D eigenvalue weighted by Gasteiger charge is -2.41. The van der Waals surface area contributed by atoms with E-state index in [4.69, 9.17) is 21.1 Å². The van der Waals surface area contributed by atoms with Crippen LogP contribution in [0.2, 0.25) is 5.02 Å². The van der Waals surface area contributed by atoms with Crippen LogP contribution in [0.3, 0.4) is 0 Å². The zero-order valence-electron chi connectivity index (χ0n) is 18.8. The molecule has 0 saturated carbocycles. The van der Waals surface area contributed by atoms with Crippen LogP contribution in [0.15, 0.2) is 66.7 Å². The van der Waals surface area contributed by atoms with Gasteiger partial charge < -0.3 is 19.7 Å². The summed E-state index contributed by atoms with van der Waals surface area (Å²) in [7, 11) is 3.06. The number of carbonyl (C=O) groups is 2. The molecule has 1 aliphatic rings. The van der Waals surface area contributed by atoms with E-state index in [1.165, 1.54) is 19.2 Å². The number of nitrogens with one attached hydrogen (secondary N) is 1. The highest BCUT2D eigenvalue weighted by molar-refractivity contribution is 6.32. The molecule has 0 unspecified atom stereocenters. The number of hydrogen-bond donors (Lipinski definition) is 1. The number of fused-ring (bicyclic) bond motifs is 1. The molecule has 4 rings (SSSR count). The highest BCUT2D eigenvalue weighted by Crippen LogP contribution is 2.43. The minimum atomic E-state index is -0.753. The van der Waals surface area contributed by atoms with Gasteiger partial charge in [0.15, 0.2) is 0 Å². The molecule has 0 fully saturated rings. The van der Waals surface area contributed by atoms with E-state index in [1.807, 2.05) is 0 Å². The minimum Gasteiger partial charge on any atom is -0.495 e. The maximum atomic E-state index is 13.7. The van der Waals surface area contributed by atoms with Crippen molar-refractivity contribution in [2.75, 3.05) is 32.7 Å². The molecule has 3 aromatic rings. The second-order valence-electron chi connectivity index (χ2n) is 7.89. The molecule has 1 aliphatic heterocycles. The van der Waals surface area contributed by atoms with Gasteiger partial charge in [-0.2, -0.15) is 0 Å². The molecule has 1 N–H and O–H groups in total. The summed E-state index contributed by atoms with van der Waals surface area (Å²) in [5.74, 6) is -1.19. The number of hydrogen-bond acceptors (Lipinski definition) is 4. The van der Waals surface area contributed by atoms with Gasteiger partial charge in [-0.3, -0.25) is 9.59 Å². The predicted octanol–water partition coefficient (Wildman–Crippen LogP) is 5.05. The normalized spacial score (nSPS) is 17.3. The molecule has 8 heteroatoms. The number of anilines is 1. The van der Waals surface area contributed by atoms with Crippen LogP contribution in [0.5, 0.6) is 5.75 Å². The molecule has 0 spiro atoms. The van der Waals surface area contributed by atoms with Crippen molar-refractivity contribution in [3.8, 4) is 5.75 Å². The highest BCUT2D eigenvalue weighted by atomic mass is 35.5. The van der Waals surface area contributed by atoms with Gasteiger partial charge >= 0.3 is 0 Å². The summed E-state index contributed by atoms with van der Waals surface area (Å²) in [4.78, 5) is 28.8. The Labute approximate surface area is 202 Å². The SMILES string of the molecule is COCCN1C(=O)c2ccccc2[C@@H](C(=O)Nc2ccc(OC)c(Cl)c2)[C@@H]1c1ccc(F)cc1. The summed E-state index contributed by atoms with van der Waals surface area (Å²) in [6.45, 7) is 0.553. The largest absolute Gasteiger partial charge is 0.495 e. The third-order valence-electron chi connectivity index (χ3n) is 5.89. The minimum absolute atomic E-state index is 0.210. The first-order valence-corrected chi connectivity index (χ1v) is 11.1. The fourth-order valence-corrected chi connectivity index (χ4v) is 4.56. The van der Waals surface area contributed by atoms with Crippen LogP contribution in [0.25, 0.3) is 0 Å². The van der Waals surface area contributed by atoms with Crippen molar-refractivity contribution in [3.63, 3.8) is 0 Å². The lowest BCUT2D eigenvalue weighted by Crippen LogP contribution is -2.47. The lowest BCUT2D eigenvalue weighted by atomic mass is 9.79. The molecule has 3 aromatic carbocycles. The molecular weight excluding hydrogens is 459 g/mol. The zero-order chi connectivity index (χ0) is 24.2. The fourth-order valence-electron chi connectivity index (χ4n) is 4.31. The van der Waals surface area contributed by atoms with Crippen LogP contribution in [0.1, 0.15) is 33.4 Å². The van der Waals surface area contributed by atoms with Gasteiger partial charge in [0, 0.05) is 24.9 Å². The van der Waals surface area contributed by atoms with Gasteiger partial charge in [-0.1, -0.05) is 41.9 Å². The van der Waals surface area contributed by atoms with Crippen LogP contribution in [0.4, 0.5) is 10.1 Å². The number of methoxy groups -OCH3 is 2. The Kier molecular flexibility index (Phi) is 7.14. The fraction of sp³-hybridized carbons (Fsp3) is 0.231. The summed E-state index contributed by atoms with van der Waals surface area (Å²) in [5.41, 5.74) is 2.19. The summed E-state index contributed by atoms with van der Waals surface area (Å²) in [5, 5.41) is 3.28. The average Bonchev–Trinajstić information content (AvgIpc) is 2.84. The van der Waals surface area contributed by atoms with Gasteiger partial charge in [0.1, 0.15) is 11.6 Å². The smallest absolute Gasteiger partial charge is 0.254 e. The number of rotatable bonds is 7. The first-order chi connectivity index (χ1) is 16.4. The summed E-state index contributed by atoms with van der Waals surface area (Å²) >= 11 is 6.24. The molecule has 6 nitrogen and oxygen atoms in total. The number of ether oxygens (including phenoxy) is 2. The predicted molar refractivity (Wildman–Crippen MR) is 128 cm³/mol. The van der Waals surface area contributed by atoms with E-state index in [1.54, 1.807) is 66.6 Å². The highest BCUT2D eigenvalue weighted by Gasteiger charge is 2.44. The maximum absolute atomic E-state index is 13.7. The Morgan fingerprint density at radius 2 is 1.82 bits per heavy atom. The molecule has 34 heavy (non-hydrogen) atoms. The van der Waals surface area contributed by atoms with E-state index in [9.17, 15) is 14.0 Å². The van der Waals surface area contributed by atoms with Crippen molar-refractivity contribution in [3.05, 3.63) is 94.3 Å². The molecule has 0 aliphatic carbocycles. The average molecular weight is 483 g/mol. The second-order valence-corrected chi connectivity index (χ2v) is 8.30. The zero-order valence-corrected chi connectivity index (χ0v) is 19.5. The van der Waals surface area contributed by atoms with Crippen LogP contribution < -0.4 is 10.1 Å². The Hall–Kier alpha value is -3.42. The summed E-state index contributed by atoms with van der Waals surface area (Å²) < 4.78 is 24.1. The Balaban J connectivity index is 1.80. The monoisotopic (exact) mass is 482 g/mol. The van der Waals surface area contributed by atoms with Crippen LogP contribution in [-0.2, 0) is 9.53 Å². The van der Waals surface area contributed by atoms with Crippen molar-refractivity contribution in [2.24, 2.45) is 0 Å². The number of amides is 2. The van der Waals surface area contributed by atoms with Crippen molar-refractivity contribution in [2.45, 2.75) is 12.0 Å². The van der Waals surface area contributed by atoms with E-state index in [0.717, 1.165) is 0 Å². The van der Waals surface area contributed by atoms with Gasteiger partial charge in [0.2, 0.25) is 5.91 Å². The molecule has 0 bridgehead atoms. The first kappa shape index (κ1) is 23.7. The Morgan fingerprint density at radius 3 is 2.50 bits per heavy atom. The number of carbonyl (C=O) groups excluding carboxylic acids is 2. The van der Waals surface area contributed by atoms with Gasteiger partial charge in [0.25, 0.3) is 5.91 Å². The van der Waals surface area contributed by atoms with E-state index in [2.05, 4.69) is 5.32 Å². The molecule has 2 amide bonds. The molecular formula is C26H24ClFN2O4. The van der Waals surface area contributed by atoms with E-state index < -0.39 is 17.8 Å². The van der Waals surface area contributed by atoms with Crippen molar-refractivity contribution in [1.29, 1.82) is 0 Å². The molecule has 176 valence electrons. The molecule has 1 heterocycles. The molecule has 0 aromatic heterocycles. The van der Waals surface area contributed by atoms with Crippen molar-refractivity contribution < 1.29 is 23.5 Å². The third-order valence-corrected chi connectivity index (χ3v) is 6.18. The number of nitrogens with zero attached hydrogens (tertiary/aromatic N) is 1. The van der Waals surface area contributed by atoms with Crippen LogP contribution in [-0.4, -0.2) is 44.1 Å². The van der Waals surface area contributed by atoms with Gasteiger partial charge in [0.05, 0.1) is 30.7 Å². The summed E-state index contributed by atoms with van der Waals surface area (Å²) in [6, 6.07) is 17.2. The number of halogens is 2. The summed E-state index contributed by atoms with van der Waals surface area (Å²) in [6.07, 6.45) is 0. The topological polar surface area (TPSA) is 67.9 Å². The molecule has 0 radical (unpaired) electrons. The van der Waals surface area contributed by atoms with E-state index in [0.29, 0.717) is 33.1 Å².